The summed E-state index contributed by atoms with van der Waals surface area (Å²) < 4.78 is 5.48. The molecule has 0 atom stereocenters. The summed E-state index contributed by atoms with van der Waals surface area (Å²) in [6.07, 6.45) is 5.06. The number of hydrogen-bond donors (Lipinski definition) is 0. The summed E-state index contributed by atoms with van der Waals surface area (Å²) >= 11 is 1.35. The van der Waals surface area contributed by atoms with Gasteiger partial charge in [0.1, 0.15) is 4.88 Å². The topological polar surface area (TPSA) is 59.2 Å². The second-order valence-corrected chi connectivity index (χ2v) is 7.06. The fraction of sp³-hybridized carbons (Fsp3) is 0.0952. The van der Waals surface area contributed by atoms with E-state index in [1.165, 1.54) is 11.3 Å². The van der Waals surface area contributed by atoms with Crippen molar-refractivity contribution in [1.29, 1.82) is 0 Å². The van der Waals surface area contributed by atoms with E-state index >= 15 is 0 Å². The number of rotatable bonds is 5. The van der Waals surface area contributed by atoms with Gasteiger partial charge in [0.25, 0.3) is 5.91 Å². The molecule has 0 radical (unpaired) electrons. The van der Waals surface area contributed by atoms with Crippen LogP contribution in [0.4, 0.5) is 0 Å². The van der Waals surface area contributed by atoms with Crippen LogP contribution >= 0.6 is 11.3 Å². The van der Waals surface area contributed by atoms with Gasteiger partial charge in [-0.2, -0.15) is 0 Å². The Kier molecular flexibility index (Phi) is 4.80. The summed E-state index contributed by atoms with van der Waals surface area (Å²) in [6.45, 7) is 0.504. The maximum atomic E-state index is 13.2. The van der Waals surface area contributed by atoms with Gasteiger partial charge in [-0.1, -0.05) is 30.3 Å². The van der Waals surface area contributed by atoms with Crippen molar-refractivity contribution in [3.8, 4) is 22.0 Å². The fourth-order valence-electron chi connectivity index (χ4n) is 2.77. The average Bonchev–Trinajstić information content (AvgIpc) is 3.38. The molecule has 0 aliphatic rings. The monoisotopic (exact) mass is 375 g/mol. The van der Waals surface area contributed by atoms with E-state index in [-0.39, 0.29) is 5.91 Å². The number of nitrogens with zero attached hydrogens (tertiary/aromatic N) is 3. The predicted molar refractivity (Wildman–Crippen MR) is 105 cm³/mol. The van der Waals surface area contributed by atoms with Gasteiger partial charge in [-0.15, -0.1) is 11.3 Å². The van der Waals surface area contributed by atoms with Gasteiger partial charge >= 0.3 is 0 Å². The average molecular weight is 375 g/mol. The van der Waals surface area contributed by atoms with Gasteiger partial charge < -0.3 is 9.32 Å². The van der Waals surface area contributed by atoms with Crippen LogP contribution in [-0.4, -0.2) is 27.8 Å². The molecule has 0 saturated heterocycles. The molecule has 3 aromatic heterocycles. The van der Waals surface area contributed by atoms with E-state index < -0.39 is 0 Å². The second kappa shape index (κ2) is 7.55. The minimum Gasteiger partial charge on any atom is -0.462 e. The molecule has 0 aliphatic heterocycles. The first-order chi connectivity index (χ1) is 13.2. The molecule has 0 spiro atoms. The number of carbonyl (C=O) groups excluding carboxylic acids is 1. The Labute approximate surface area is 160 Å². The van der Waals surface area contributed by atoms with Crippen LogP contribution in [0.5, 0.6) is 0 Å². The Morgan fingerprint density at radius 1 is 1.07 bits per heavy atom. The van der Waals surface area contributed by atoms with Crippen LogP contribution in [0, 0.1) is 0 Å². The molecular weight excluding hydrogens is 358 g/mol. The third-order valence-corrected chi connectivity index (χ3v) is 5.17. The molecule has 0 saturated carbocycles. The minimum absolute atomic E-state index is 0.0685. The van der Waals surface area contributed by atoms with Crippen molar-refractivity contribution in [2.24, 2.45) is 0 Å². The number of aromatic nitrogens is 2. The summed E-state index contributed by atoms with van der Waals surface area (Å²) in [6, 6.07) is 17.2. The molecule has 6 heteroatoms. The third kappa shape index (κ3) is 3.66. The first-order valence-corrected chi connectivity index (χ1v) is 9.28. The molecule has 1 aromatic carbocycles. The molecule has 4 aromatic rings. The molecule has 4 rings (SSSR count). The molecular formula is C21H17N3O2S. The van der Waals surface area contributed by atoms with Crippen molar-refractivity contribution in [3.63, 3.8) is 0 Å². The summed E-state index contributed by atoms with van der Waals surface area (Å²) in [4.78, 5) is 24.2. The smallest absolute Gasteiger partial charge is 0.266 e. The maximum Gasteiger partial charge on any atom is 0.266 e. The predicted octanol–water partition coefficient (Wildman–Crippen LogP) is 4.74. The van der Waals surface area contributed by atoms with E-state index in [1.807, 2.05) is 54.6 Å². The van der Waals surface area contributed by atoms with Crippen LogP contribution in [0.2, 0.25) is 0 Å². The molecule has 27 heavy (non-hydrogen) atoms. The quantitative estimate of drug-likeness (QED) is 0.506. The Morgan fingerprint density at radius 2 is 1.85 bits per heavy atom. The van der Waals surface area contributed by atoms with E-state index in [9.17, 15) is 4.79 Å². The number of amides is 1. The zero-order chi connectivity index (χ0) is 18.6. The number of thiazole rings is 1. The normalized spacial score (nSPS) is 10.7. The second-order valence-electron chi connectivity index (χ2n) is 6.06. The van der Waals surface area contributed by atoms with Crippen molar-refractivity contribution in [3.05, 3.63) is 83.7 Å². The molecule has 0 N–H and O–H groups in total. The van der Waals surface area contributed by atoms with Crippen molar-refractivity contribution >= 4 is 17.2 Å². The molecule has 3 heterocycles. The Balaban J connectivity index is 1.71. The van der Waals surface area contributed by atoms with Gasteiger partial charge in [0.2, 0.25) is 0 Å². The molecule has 0 bridgehead atoms. The lowest BCUT2D eigenvalue weighted by molar-refractivity contribution is 0.0790. The highest BCUT2D eigenvalue weighted by molar-refractivity contribution is 7.17. The van der Waals surface area contributed by atoms with Crippen LogP contribution in [-0.2, 0) is 6.54 Å². The van der Waals surface area contributed by atoms with Gasteiger partial charge in [0, 0.05) is 31.5 Å². The number of hydrogen-bond acceptors (Lipinski definition) is 5. The lowest BCUT2D eigenvalue weighted by atomic mass is 10.1. The SMILES string of the molecule is CN(Cc1ccncc1)C(=O)c1sc(-c2ccco2)nc1-c1ccccc1. The molecule has 134 valence electrons. The van der Waals surface area contributed by atoms with Gasteiger partial charge in [-0.05, 0) is 29.8 Å². The van der Waals surface area contributed by atoms with Crippen LogP contribution in [0.1, 0.15) is 15.2 Å². The number of carbonyl (C=O) groups is 1. The Bertz CT molecular complexity index is 1030. The lowest BCUT2D eigenvalue weighted by Gasteiger charge is -2.16. The fourth-order valence-corrected chi connectivity index (χ4v) is 3.82. The van der Waals surface area contributed by atoms with E-state index in [0.29, 0.717) is 27.9 Å². The van der Waals surface area contributed by atoms with Crippen molar-refractivity contribution in [2.75, 3.05) is 7.05 Å². The van der Waals surface area contributed by atoms with Crippen molar-refractivity contribution in [1.82, 2.24) is 14.9 Å². The van der Waals surface area contributed by atoms with Crippen LogP contribution in [0.3, 0.4) is 0 Å². The van der Waals surface area contributed by atoms with Crippen molar-refractivity contribution < 1.29 is 9.21 Å². The van der Waals surface area contributed by atoms with Crippen LogP contribution < -0.4 is 0 Å². The summed E-state index contributed by atoms with van der Waals surface area (Å²) in [5.41, 5.74) is 2.61. The zero-order valence-electron chi connectivity index (χ0n) is 14.7. The van der Waals surface area contributed by atoms with E-state index in [1.54, 1.807) is 30.6 Å². The lowest BCUT2D eigenvalue weighted by Crippen LogP contribution is -2.25. The van der Waals surface area contributed by atoms with Gasteiger partial charge in [0.05, 0.1) is 12.0 Å². The minimum atomic E-state index is -0.0685. The zero-order valence-corrected chi connectivity index (χ0v) is 15.5. The summed E-state index contributed by atoms with van der Waals surface area (Å²) in [5.74, 6) is 0.592. The number of furan rings is 1. The first kappa shape index (κ1) is 17.2. The van der Waals surface area contributed by atoms with E-state index in [0.717, 1.165) is 11.1 Å². The highest BCUT2D eigenvalue weighted by Gasteiger charge is 2.23. The molecule has 5 nitrogen and oxygen atoms in total. The largest absolute Gasteiger partial charge is 0.462 e. The molecule has 0 unspecified atom stereocenters. The summed E-state index contributed by atoms with van der Waals surface area (Å²) in [7, 11) is 1.80. The van der Waals surface area contributed by atoms with Gasteiger partial charge in [-0.3, -0.25) is 9.78 Å². The number of benzene rings is 1. The van der Waals surface area contributed by atoms with Crippen LogP contribution in [0.25, 0.3) is 22.0 Å². The molecule has 0 aliphatic carbocycles. The van der Waals surface area contributed by atoms with Gasteiger partial charge in [-0.25, -0.2) is 4.98 Å². The number of pyridine rings is 1. The van der Waals surface area contributed by atoms with E-state index in [2.05, 4.69) is 4.98 Å². The Hall–Kier alpha value is -3.25. The maximum absolute atomic E-state index is 13.2. The standard InChI is InChI=1S/C21H17N3O2S/c1-24(14-15-9-11-22-12-10-15)21(25)19-18(16-6-3-2-4-7-16)23-20(27-19)17-8-5-13-26-17/h2-13H,14H2,1H3. The van der Waals surface area contributed by atoms with E-state index in [4.69, 9.17) is 9.40 Å². The van der Waals surface area contributed by atoms with Crippen molar-refractivity contribution in [2.45, 2.75) is 6.54 Å². The summed E-state index contributed by atoms with van der Waals surface area (Å²) in [5, 5.41) is 0.694. The highest BCUT2D eigenvalue weighted by Crippen LogP contribution is 2.34. The van der Waals surface area contributed by atoms with Crippen LogP contribution in [0.15, 0.2) is 77.7 Å². The third-order valence-electron chi connectivity index (χ3n) is 4.12. The first-order valence-electron chi connectivity index (χ1n) is 8.47. The molecule has 1 amide bonds. The van der Waals surface area contributed by atoms with Gasteiger partial charge in [0.15, 0.2) is 10.8 Å². The molecule has 0 fully saturated rings. The highest BCUT2D eigenvalue weighted by atomic mass is 32.1. The Morgan fingerprint density at radius 3 is 2.56 bits per heavy atom.